The van der Waals surface area contributed by atoms with Gasteiger partial charge in [0.15, 0.2) is 0 Å². The summed E-state index contributed by atoms with van der Waals surface area (Å²) in [4.78, 5) is 41.5. The molecule has 172 valence electrons. The molecule has 0 spiro atoms. The Balaban J connectivity index is 1.33. The molecule has 0 bridgehead atoms. The van der Waals surface area contributed by atoms with Crippen molar-refractivity contribution in [2.45, 2.75) is 38.4 Å². The van der Waals surface area contributed by atoms with Gasteiger partial charge in [-0.2, -0.15) is 0 Å². The molecular formula is C24H22BrN7O2. The molecule has 1 aliphatic carbocycles. The van der Waals surface area contributed by atoms with Crippen molar-refractivity contribution in [3.8, 4) is 0 Å². The van der Waals surface area contributed by atoms with E-state index in [0.29, 0.717) is 28.3 Å². The molecule has 4 heterocycles. The Morgan fingerprint density at radius 2 is 2.00 bits per heavy atom. The molecule has 2 fully saturated rings. The predicted octanol–water partition coefficient (Wildman–Crippen LogP) is 3.34. The molecule has 1 saturated carbocycles. The third-order valence-electron chi connectivity index (χ3n) is 7.06. The molecule has 1 saturated heterocycles. The van der Waals surface area contributed by atoms with E-state index in [1.807, 2.05) is 28.8 Å². The van der Waals surface area contributed by atoms with Crippen LogP contribution in [-0.4, -0.2) is 48.3 Å². The van der Waals surface area contributed by atoms with Crippen molar-refractivity contribution in [2.75, 3.05) is 11.1 Å². The van der Waals surface area contributed by atoms with Gasteiger partial charge < -0.3 is 20.5 Å². The van der Waals surface area contributed by atoms with Crippen LogP contribution in [0.1, 0.15) is 19.8 Å². The lowest BCUT2D eigenvalue weighted by Gasteiger charge is -2.27. The van der Waals surface area contributed by atoms with Gasteiger partial charge in [0.1, 0.15) is 40.8 Å². The van der Waals surface area contributed by atoms with E-state index < -0.39 is 6.04 Å². The van der Waals surface area contributed by atoms with Gasteiger partial charge in [-0.05, 0) is 52.4 Å². The number of rotatable bonds is 4. The van der Waals surface area contributed by atoms with Crippen LogP contribution in [0.15, 0.2) is 53.4 Å². The summed E-state index contributed by atoms with van der Waals surface area (Å²) in [6.07, 6.45) is 2.94. The zero-order valence-electron chi connectivity index (χ0n) is 18.4. The molecule has 1 aliphatic heterocycles. The van der Waals surface area contributed by atoms with Crippen molar-refractivity contribution in [2.24, 2.45) is 5.41 Å². The number of hydrogen-bond acceptors (Lipinski definition) is 6. The number of fused-ring (bicyclic) bond motifs is 4. The Kier molecular flexibility index (Phi) is 4.63. The van der Waals surface area contributed by atoms with Crippen molar-refractivity contribution in [1.82, 2.24) is 24.4 Å². The Morgan fingerprint density at radius 1 is 1.18 bits per heavy atom. The number of aromatic nitrogens is 4. The minimum atomic E-state index is -0.551. The maximum Gasteiger partial charge on any atom is 0.248 e. The SMILES string of the molecule is C[C@@]12C[C@@H](C(=O)Nc3cccc(Br)n3)N(C(=O)Cn3c4ccccc4c4c(N)ncnc43)[C@@H]1C2. The lowest BCUT2D eigenvalue weighted by Crippen LogP contribution is -2.46. The number of carbonyl (C=O) groups is 2. The highest BCUT2D eigenvalue weighted by atomic mass is 79.9. The molecule has 9 nitrogen and oxygen atoms in total. The fraction of sp³-hybridized carbons (Fsp3) is 0.292. The zero-order chi connectivity index (χ0) is 23.6. The van der Waals surface area contributed by atoms with Gasteiger partial charge in [-0.25, -0.2) is 15.0 Å². The van der Waals surface area contributed by atoms with Crippen LogP contribution in [0.4, 0.5) is 11.6 Å². The number of benzene rings is 1. The number of anilines is 2. The van der Waals surface area contributed by atoms with Crippen molar-refractivity contribution in [3.05, 3.63) is 53.4 Å². The Labute approximate surface area is 203 Å². The molecule has 3 N–H and O–H groups in total. The second-order valence-corrected chi connectivity index (χ2v) is 10.1. The van der Waals surface area contributed by atoms with E-state index in [1.54, 1.807) is 23.1 Å². The number of nitrogens with zero attached hydrogens (tertiary/aromatic N) is 5. The molecule has 10 heteroatoms. The van der Waals surface area contributed by atoms with Gasteiger partial charge in [-0.3, -0.25) is 9.59 Å². The average molecular weight is 520 g/mol. The third-order valence-corrected chi connectivity index (χ3v) is 7.50. The topological polar surface area (TPSA) is 119 Å². The van der Waals surface area contributed by atoms with Crippen LogP contribution >= 0.6 is 15.9 Å². The third kappa shape index (κ3) is 3.24. The van der Waals surface area contributed by atoms with Crippen molar-refractivity contribution in [3.63, 3.8) is 0 Å². The first-order chi connectivity index (χ1) is 16.4. The Hall–Kier alpha value is -3.53. The van der Waals surface area contributed by atoms with E-state index in [9.17, 15) is 9.59 Å². The van der Waals surface area contributed by atoms with Crippen LogP contribution in [0.5, 0.6) is 0 Å². The number of para-hydroxylation sites is 1. The van der Waals surface area contributed by atoms with E-state index in [-0.39, 0.29) is 29.8 Å². The highest BCUT2D eigenvalue weighted by Crippen LogP contribution is 2.59. The average Bonchev–Trinajstić information content (AvgIpc) is 3.21. The number of nitrogens with two attached hydrogens (primary N) is 1. The molecular weight excluding hydrogens is 498 g/mol. The van der Waals surface area contributed by atoms with Gasteiger partial charge in [0.25, 0.3) is 0 Å². The fourth-order valence-corrected chi connectivity index (χ4v) is 5.66. The van der Waals surface area contributed by atoms with E-state index in [4.69, 9.17) is 5.73 Å². The highest BCUT2D eigenvalue weighted by Gasteiger charge is 2.64. The van der Waals surface area contributed by atoms with Crippen molar-refractivity contribution in [1.29, 1.82) is 0 Å². The summed E-state index contributed by atoms with van der Waals surface area (Å²) in [5, 5.41) is 4.51. The number of likely N-dealkylation sites (tertiary alicyclic amines) is 1. The highest BCUT2D eigenvalue weighted by molar-refractivity contribution is 9.10. The molecule has 0 radical (unpaired) electrons. The smallest absolute Gasteiger partial charge is 0.248 e. The molecule has 3 aromatic heterocycles. The van der Waals surface area contributed by atoms with E-state index in [2.05, 4.69) is 43.1 Å². The van der Waals surface area contributed by atoms with Gasteiger partial charge in [0.05, 0.1) is 10.9 Å². The van der Waals surface area contributed by atoms with Crippen LogP contribution in [0.3, 0.4) is 0 Å². The van der Waals surface area contributed by atoms with E-state index >= 15 is 0 Å². The maximum absolute atomic E-state index is 13.7. The first-order valence-electron chi connectivity index (χ1n) is 11.1. The first kappa shape index (κ1) is 21.0. The summed E-state index contributed by atoms with van der Waals surface area (Å²) in [5.74, 6) is 0.490. The number of nitrogen functional groups attached to an aromatic ring is 1. The fourth-order valence-electron chi connectivity index (χ4n) is 5.31. The van der Waals surface area contributed by atoms with Gasteiger partial charge in [-0.15, -0.1) is 0 Å². The molecule has 2 amide bonds. The minimum Gasteiger partial charge on any atom is -0.383 e. The first-order valence-corrected chi connectivity index (χ1v) is 11.9. The van der Waals surface area contributed by atoms with Crippen molar-refractivity contribution < 1.29 is 9.59 Å². The maximum atomic E-state index is 13.7. The number of carbonyl (C=O) groups excluding carboxylic acids is 2. The van der Waals surface area contributed by atoms with Crippen LogP contribution in [-0.2, 0) is 16.1 Å². The molecule has 6 rings (SSSR count). The lowest BCUT2D eigenvalue weighted by atomic mass is 10.0. The number of piperidine rings is 1. The lowest BCUT2D eigenvalue weighted by molar-refractivity contribution is -0.138. The summed E-state index contributed by atoms with van der Waals surface area (Å²) in [5.41, 5.74) is 7.59. The van der Waals surface area contributed by atoms with Crippen LogP contribution in [0.2, 0.25) is 0 Å². The summed E-state index contributed by atoms with van der Waals surface area (Å²) >= 11 is 3.32. The molecule has 34 heavy (non-hydrogen) atoms. The Bertz CT molecular complexity index is 1480. The zero-order valence-corrected chi connectivity index (χ0v) is 20.0. The van der Waals surface area contributed by atoms with Crippen LogP contribution in [0.25, 0.3) is 21.9 Å². The van der Waals surface area contributed by atoms with E-state index in [1.165, 1.54) is 6.33 Å². The molecule has 3 atom stereocenters. The normalized spacial score (nSPS) is 23.3. The number of amides is 2. The second kappa shape index (κ2) is 7.49. The second-order valence-electron chi connectivity index (χ2n) is 9.29. The van der Waals surface area contributed by atoms with Crippen LogP contribution < -0.4 is 11.1 Å². The number of hydrogen-bond donors (Lipinski definition) is 2. The monoisotopic (exact) mass is 519 g/mol. The van der Waals surface area contributed by atoms with Gasteiger partial charge in [0, 0.05) is 11.4 Å². The minimum absolute atomic E-state index is 0.0320. The molecule has 1 aromatic carbocycles. The summed E-state index contributed by atoms with van der Waals surface area (Å²) in [6.45, 7) is 2.20. The van der Waals surface area contributed by atoms with Gasteiger partial charge >= 0.3 is 0 Å². The standard InChI is InChI=1S/C24H22BrN7O2/c1-24-9-15(23(34)30-18-8-4-7-17(25)29-18)32(16(24)10-24)19(33)11-31-14-6-3-2-5-13(14)20-21(26)27-12-28-22(20)31/h2-8,12,15-16H,9-11H2,1H3,(H2,26,27,28)(H,29,30,34)/t15-,16+,24-/m0/s1. The largest absolute Gasteiger partial charge is 0.383 e. The van der Waals surface area contributed by atoms with Crippen LogP contribution in [0, 0.1) is 5.41 Å². The van der Waals surface area contributed by atoms with E-state index in [0.717, 1.165) is 22.7 Å². The summed E-state index contributed by atoms with van der Waals surface area (Å²) in [7, 11) is 0. The number of pyridine rings is 1. The van der Waals surface area contributed by atoms with Crippen molar-refractivity contribution >= 4 is 61.3 Å². The predicted molar refractivity (Wildman–Crippen MR) is 132 cm³/mol. The summed E-state index contributed by atoms with van der Waals surface area (Å²) in [6, 6.07) is 12.6. The van der Waals surface area contributed by atoms with Gasteiger partial charge in [-0.1, -0.05) is 31.2 Å². The number of nitrogens with one attached hydrogen (secondary N) is 1. The Morgan fingerprint density at radius 3 is 2.82 bits per heavy atom. The number of halogens is 1. The molecule has 2 aliphatic rings. The quantitative estimate of drug-likeness (QED) is 0.399. The van der Waals surface area contributed by atoms with Gasteiger partial charge in [0.2, 0.25) is 11.8 Å². The molecule has 0 unspecified atom stereocenters. The molecule has 4 aromatic rings. The summed E-state index contributed by atoms with van der Waals surface area (Å²) < 4.78 is 2.50.